The van der Waals surface area contributed by atoms with Gasteiger partial charge in [0.05, 0.1) is 33.3 Å². The minimum atomic E-state index is 1.01. The van der Waals surface area contributed by atoms with Gasteiger partial charge in [0, 0.05) is 11.8 Å². The highest BCUT2D eigenvalue weighted by atomic mass is 32.1. The third-order valence-electron chi connectivity index (χ3n) is 3.05. The average Bonchev–Trinajstić information content (AvgIpc) is 3.04. The fraction of sp³-hybridized carbons (Fsp3) is 0. The van der Waals surface area contributed by atoms with Gasteiger partial charge < -0.3 is 4.40 Å². The normalized spacial score (nSPS) is 11.3. The van der Waals surface area contributed by atoms with Crippen LogP contribution in [-0.4, -0.2) is 14.4 Å². The number of hydrogen-bond donors (Lipinski definition) is 0. The van der Waals surface area contributed by atoms with Crippen LogP contribution >= 0.6 is 11.3 Å². The van der Waals surface area contributed by atoms with E-state index in [4.69, 9.17) is 0 Å². The molecule has 0 aliphatic rings. The van der Waals surface area contributed by atoms with Crippen molar-refractivity contribution in [1.29, 1.82) is 0 Å². The predicted octanol–water partition coefficient (Wildman–Crippen LogP) is 3.61. The summed E-state index contributed by atoms with van der Waals surface area (Å²) in [4.78, 5) is 8.85. The van der Waals surface area contributed by atoms with Crippen molar-refractivity contribution in [3.05, 3.63) is 54.4 Å². The summed E-state index contributed by atoms with van der Waals surface area (Å²) in [6.07, 6.45) is 3.85. The van der Waals surface area contributed by atoms with Crippen molar-refractivity contribution in [3.63, 3.8) is 0 Å². The van der Waals surface area contributed by atoms with E-state index in [1.807, 2.05) is 34.6 Å². The summed E-state index contributed by atoms with van der Waals surface area (Å²) in [5.74, 6) is 0. The first-order valence-electron chi connectivity index (χ1n) is 5.67. The second-order valence-corrected chi connectivity index (χ2v) is 5.01. The number of thiazole rings is 1. The molecule has 0 saturated carbocycles. The van der Waals surface area contributed by atoms with Crippen molar-refractivity contribution in [2.45, 2.75) is 0 Å². The number of hydrogen-bond acceptors (Lipinski definition) is 3. The van der Waals surface area contributed by atoms with Gasteiger partial charge in [0.15, 0.2) is 0 Å². The molecule has 0 unspecified atom stereocenters. The second kappa shape index (κ2) is 3.65. The van der Waals surface area contributed by atoms with Gasteiger partial charge in [0.1, 0.15) is 0 Å². The van der Waals surface area contributed by atoms with Gasteiger partial charge >= 0.3 is 0 Å². The molecule has 4 aromatic rings. The van der Waals surface area contributed by atoms with Crippen molar-refractivity contribution in [3.8, 4) is 11.3 Å². The first-order chi connectivity index (χ1) is 8.92. The van der Waals surface area contributed by atoms with Gasteiger partial charge in [-0.05, 0) is 24.3 Å². The van der Waals surface area contributed by atoms with Crippen LogP contribution in [0.2, 0.25) is 0 Å². The molecule has 3 nitrogen and oxygen atoms in total. The standard InChI is InChI=1S/C14H9N3S/c1-2-6-17-8-15-14(12(17)3-1)10-4-5-13-11(7-10)16-9-18-13/h1-9H. The summed E-state index contributed by atoms with van der Waals surface area (Å²) in [6.45, 7) is 0. The summed E-state index contributed by atoms with van der Waals surface area (Å²) in [5, 5.41) is 0. The quantitative estimate of drug-likeness (QED) is 0.517. The highest BCUT2D eigenvalue weighted by Gasteiger charge is 2.07. The molecule has 3 heterocycles. The third-order valence-corrected chi connectivity index (χ3v) is 3.86. The van der Waals surface area contributed by atoms with Crippen molar-refractivity contribution in [2.75, 3.05) is 0 Å². The van der Waals surface area contributed by atoms with Crippen LogP contribution in [0.1, 0.15) is 0 Å². The molecule has 1 aromatic carbocycles. The van der Waals surface area contributed by atoms with Crippen molar-refractivity contribution in [2.24, 2.45) is 0 Å². The van der Waals surface area contributed by atoms with Crippen LogP contribution in [0, 0.1) is 0 Å². The maximum atomic E-state index is 4.50. The molecule has 0 radical (unpaired) electrons. The Morgan fingerprint density at radius 3 is 3.06 bits per heavy atom. The van der Waals surface area contributed by atoms with E-state index in [1.165, 1.54) is 4.70 Å². The van der Waals surface area contributed by atoms with E-state index in [-0.39, 0.29) is 0 Å². The lowest BCUT2D eigenvalue weighted by Crippen LogP contribution is -1.81. The summed E-state index contributed by atoms with van der Waals surface area (Å²) in [6, 6.07) is 12.4. The Balaban J connectivity index is 2.00. The predicted molar refractivity (Wildman–Crippen MR) is 73.8 cm³/mol. The second-order valence-electron chi connectivity index (χ2n) is 4.12. The van der Waals surface area contributed by atoms with Gasteiger partial charge in [0.25, 0.3) is 0 Å². The molecular weight excluding hydrogens is 242 g/mol. The van der Waals surface area contributed by atoms with Gasteiger partial charge in [-0.25, -0.2) is 9.97 Å². The molecular formula is C14H9N3S. The van der Waals surface area contributed by atoms with E-state index < -0.39 is 0 Å². The van der Waals surface area contributed by atoms with Gasteiger partial charge in [-0.1, -0.05) is 12.1 Å². The van der Waals surface area contributed by atoms with Crippen LogP contribution in [0.15, 0.2) is 54.4 Å². The van der Waals surface area contributed by atoms with Gasteiger partial charge in [-0.2, -0.15) is 0 Å². The number of nitrogens with zero attached hydrogens (tertiary/aromatic N) is 3. The van der Waals surface area contributed by atoms with Crippen LogP contribution in [0.4, 0.5) is 0 Å². The molecule has 0 atom stereocenters. The number of fused-ring (bicyclic) bond motifs is 2. The molecule has 86 valence electrons. The lowest BCUT2D eigenvalue weighted by molar-refractivity contribution is 1.15. The Morgan fingerprint density at radius 2 is 2.06 bits per heavy atom. The van der Waals surface area contributed by atoms with E-state index in [0.29, 0.717) is 0 Å². The first kappa shape index (κ1) is 9.79. The topological polar surface area (TPSA) is 30.2 Å². The Hall–Kier alpha value is -2.20. The number of pyridine rings is 1. The fourth-order valence-corrected chi connectivity index (χ4v) is 2.83. The maximum Gasteiger partial charge on any atom is 0.0999 e. The Kier molecular flexibility index (Phi) is 1.98. The zero-order valence-electron chi connectivity index (χ0n) is 9.45. The van der Waals surface area contributed by atoms with E-state index in [2.05, 4.69) is 34.2 Å². The minimum absolute atomic E-state index is 1.01. The molecule has 4 heteroatoms. The molecule has 0 aliphatic heterocycles. The third kappa shape index (κ3) is 1.36. The molecule has 0 aliphatic carbocycles. The van der Waals surface area contributed by atoms with Crippen LogP contribution in [0.5, 0.6) is 0 Å². The Labute approximate surface area is 107 Å². The molecule has 0 bridgehead atoms. The van der Waals surface area contributed by atoms with E-state index in [0.717, 1.165) is 22.3 Å². The van der Waals surface area contributed by atoms with Gasteiger partial charge in [-0.3, -0.25) is 0 Å². The minimum Gasteiger partial charge on any atom is -0.306 e. The highest BCUT2D eigenvalue weighted by molar-refractivity contribution is 7.16. The molecule has 0 amide bonds. The fourth-order valence-electron chi connectivity index (χ4n) is 2.17. The van der Waals surface area contributed by atoms with Crippen LogP contribution < -0.4 is 0 Å². The van der Waals surface area contributed by atoms with Crippen LogP contribution in [-0.2, 0) is 0 Å². The number of aromatic nitrogens is 3. The van der Waals surface area contributed by atoms with Crippen LogP contribution in [0.25, 0.3) is 27.0 Å². The van der Waals surface area contributed by atoms with Gasteiger partial charge in [-0.15, -0.1) is 11.3 Å². The number of imidazole rings is 1. The zero-order valence-corrected chi connectivity index (χ0v) is 10.3. The zero-order chi connectivity index (χ0) is 11.9. The van der Waals surface area contributed by atoms with E-state index in [1.54, 1.807) is 11.3 Å². The highest BCUT2D eigenvalue weighted by Crippen LogP contribution is 2.27. The molecule has 3 aromatic heterocycles. The Bertz CT molecular complexity index is 844. The SMILES string of the molecule is c1ccn2cnc(-c3ccc4scnc4c3)c2c1. The summed E-state index contributed by atoms with van der Waals surface area (Å²) < 4.78 is 3.24. The lowest BCUT2D eigenvalue weighted by Gasteiger charge is -1.99. The van der Waals surface area contributed by atoms with Crippen molar-refractivity contribution in [1.82, 2.24) is 14.4 Å². The molecule has 0 fully saturated rings. The molecule has 0 N–H and O–H groups in total. The van der Waals surface area contributed by atoms with Crippen molar-refractivity contribution >= 4 is 27.1 Å². The maximum absolute atomic E-state index is 4.50. The summed E-state index contributed by atoms with van der Waals surface area (Å²) in [7, 11) is 0. The molecule has 4 rings (SSSR count). The monoisotopic (exact) mass is 251 g/mol. The first-order valence-corrected chi connectivity index (χ1v) is 6.55. The Morgan fingerprint density at radius 1 is 1.06 bits per heavy atom. The largest absolute Gasteiger partial charge is 0.306 e. The number of rotatable bonds is 1. The average molecular weight is 251 g/mol. The van der Waals surface area contributed by atoms with Gasteiger partial charge in [0.2, 0.25) is 0 Å². The lowest BCUT2D eigenvalue weighted by atomic mass is 10.1. The van der Waals surface area contributed by atoms with E-state index in [9.17, 15) is 0 Å². The smallest absolute Gasteiger partial charge is 0.0999 e. The number of benzene rings is 1. The van der Waals surface area contributed by atoms with E-state index >= 15 is 0 Å². The van der Waals surface area contributed by atoms with Crippen molar-refractivity contribution < 1.29 is 0 Å². The molecule has 0 saturated heterocycles. The summed E-state index contributed by atoms with van der Waals surface area (Å²) in [5.41, 5.74) is 6.15. The molecule has 18 heavy (non-hydrogen) atoms. The summed E-state index contributed by atoms with van der Waals surface area (Å²) >= 11 is 1.66. The molecule has 0 spiro atoms. The van der Waals surface area contributed by atoms with Crippen LogP contribution in [0.3, 0.4) is 0 Å².